The summed E-state index contributed by atoms with van der Waals surface area (Å²) >= 11 is 6.18. The van der Waals surface area contributed by atoms with Crippen LogP contribution in [-0.4, -0.2) is 78.1 Å². The fraction of sp³-hybridized carbons (Fsp3) is 0.536. The molecule has 2 amide bonds. The van der Waals surface area contributed by atoms with Gasteiger partial charge < -0.3 is 20.7 Å². The third kappa shape index (κ3) is 6.49. The van der Waals surface area contributed by atoms with Gasteiger partial charge in [-0.25, -0.2) is 9.97 Å². The van der Waals surface area contributed by atoms with E-state index in [0.29, 0.717) is 47.2 Å². The molecule has 0 radical (unpaired) electrons. The number of hydrogen-bond donors (Lipinski definition) is 3. The molecule has 10 nitrogen and oxygen atoms in total. The van der Waals surface area contributed by atoms with Crippen molar-refractivity contribution in [2.75, 3.05) is 39.3 Å². The number of nitrogens with zero attached hydrogens (tertiary/aromatic N) is 4. The zero-order valence-electron chi connectivity index (χ0n) is 22.9. The molecule has 39 heavy (non-hydrogen) atoms. The van der Waals surface area contributed by atoms with Crippen LogP contribution in [0.15, 0.2) is 30.6 Å². The number of amides is 2. The van der Waals surface area contributed by atoms with E-state index in [1.165, 1.54) is 12.4 Å². The van der Waals surface area contributed by atoms with Crippen LogP contribution in [0.2, 0.25) is 5.02 Å². The van der Waals surface area contributed by atoms with Gasteiger partial charge in [0.15, 0.2) is 0 Å². The molecule has 1 aromatic carbocycles. The van der Waals surface area contributed by atoms with Crippen molar-refractivity contribution >= 4 is 23.4 Å². The van der Waals surface area contributed by atoms with Crippen molar-refractivity contribution in [3.05, 3.63) is 52.6 Å². The van der Waals surface area contributed by atoms with Crippen LogP contribution in [-0.2, 0) is 11.2 Å². The van der Waals surface area contributed by atoms with E-state index >= 15 is 0 Å². The molecule has 2 heterocycles. The molecule has 0 bridgehead atoms. The Labute approximate surface area is 234 Å². The third-order valence-electron chi connectivity index (χ3n) is 7.65. The Morgan fingerprint density at radius 1 is 1.18 bits per heavy atom. The molecule has 2 fully saturated rings. The van der Waals surface area contributed by atoms with Crippen LogP contribution in [0, 0.1) is 22.2 Å². The molecule has 2 aliphatic rings. The van der Waals surface area contributed by atoms with Gasteiger partial charge in [0.05, 0.1) is 22.7 Å². The minimum Gasteiger partial charge on any atom is -0.489 e. The van der Waals surface area contributed by atoms with E-state index < -0.39 is 0 Å². The highest BCUT2D eigenvalue weighted by atomic mass is 35.5. The van der Waals surface area contributed by atoms with Crippen LogP contribution in [0.3, 0.4) is 0 Å². The summed E-state index contributed by atoms with van der Waals surface area (Å²) in [7, 11) is 0. The van der Waals surface area contributed by atoms with Crippen molar-refractivity contribution in [3.8, 4) is 11.8 Å². The van der Waals surface area contributed by atoms with E-state index in [1.54, 1.807) is 18.2 Å². The molecule has 1 aliphatic heterocycles. The number of piperazine rings is 1. The Bertz CT molecular complexity index is 1220. The third-order valence-corrected chi connectivity index (χ3v) is 7.96. The Balaban J connectivity index is 1.28. The van der Waals surface area contributed by atoms with E-state index in [4.69, 9.17) is 21.6 Å². The number of benzene rings is 1. The lowest BCUT2D eigenvalue weighted by Gasteiger charge is -2.63. The number of carbonyl (C=O) groups is 2. The molecule has 1 aliphatic carbocycles. The van der Waals surface area contributed by atoms with Crippen molar-refractivity contribution in [1.82, 2.24) is 30.8 Å². The summed E-state index contributed by atoms with van der Waals surface area (Å²) in [4.78, 5) is 36.0. The largest absolute Gasteiger partial charge is 0.489 e. The molecule has 11 heteroatoms. The number of rotatable bonds is 9. The highest BCUT2D eigenvalue weighted by Gasteiger charge is 2.64. The number of carbonyl (C=O) groups excluding carboxylic acids is 2. The zero-order chi connectivity index (χ0) is 28.2. The SMILES string of the molecule is CC1(C)C(NC(=O)c2cnc(CCNC(=O)CN3CCNCC3)nc2)C(C)(C)C1Oc1ccc(C#N)c(Cl)c1. The predicted molar refractivity (Wildman–Crippen MR) is 147 cm³/mol. The number of halogens is 1. The van der Waals surface area contributed by atoms with Crippen molar-refractivity contribution in [2.24, 2.45) is 10.8 Å². The van der Waals surface area contributed by atoms with Gasteiger partial charge in [-0.2, -0.15) is 5.26 Å². The second-order valence-electron chi connectivity index (χ2n) is 11.3. The van der Waals surface area contributed by atoms with Crippen LogP contribution in [0.4, 0.5) is 0 Å². The number of ether oxygens (including phenoxy) is 1. The summed E-state index contributed by atoms with van der Waals surface area (Å²) in [5.41, 5.74) is 0.0217. The van der Waals surface area contributed by atoms with E-state index in [2.05, 4.69) is 58.5 Å². The predicted octanol–water partition coefficient (Wildman–Crippen LogP) is 2.18. The van der Waals surface area contributed by atoms with Gasteiger partial charge in [-0.3, -0.25) is 14.5 Å². The zero-order valence-corrected chi connectivity index (χ0v) is 23.6. The molecule has 0 atom stereocenters. The van der Waals surface area contributed by atoms with Crippen LogP contribution >= 0.6 is 11.6 Å². The molecule has 208 valence electrons. The molecular weight excluding hydrogens is 518 g/mol. The molecule has 4 rings (SSSR count). The molecule has 1 aromatic heterocycles. The van der Waals surface area contributed by atoms with E-state index in [1.807, 2.05) is 6.07 Å². The van der Waals surface area contributed by atoms with Crippen molar-refractivity contribution in [3.63, 3.8) is 0 Å². The molecule has 0 unspecified atom stereocenters. The second kappa shape index (κ2) is 11.9. The van der Waals surface area contributed by atoms with E-state index in [-0.39, 0.29) is 34.8 Å². The molecule has 3 N–H and O–H groups in total. The topological polar surface area (TPSA) is 132 Å². The van der Waals surface area contributed by atoms with Crippen LogP contribution in [0.25, 0.3) is 0 Å². The van der Waals surface area contributed by atoms with Gasteiger partial charge in [0.2, 0.25) is 5.91 Å². The first-order valence-electron chi connectivity index (χ1n) is 13.2. The lowest BCUT2D eigenvalue weighted by Crippen LogP contribution is -2.74. The maximum atomic E-state index is 13.1. The fourth-order valence-electron chi connectivity index (χ4n) is 5.85. The van der Waals surface area contributed by atoms with Crippen LogP contribution in [0.1, 0.15) is 49.4 Å². The quantitative estimate of drug-likeness (QED) is 0.430. The van der Waals surface area contributed by atoms with Gasteiger partial charge in [0.1, 0.15) is 23.7 Å². The highest BCUT2D eigenvalue weighted by molar-refractivity contribution is 6.31. The number of nitriles is 1. The minimum atomic E-state index is -0.372. The number of nitrogens with one attached hydrogen (secondary N) is 3. The standard InChI is InChI=1S/C28H36ClN7O3/c1-27(2)25(28(3,4)26(27)39-20-6-5-18(14-30)21(29)13-20)35-24(38)19-15-33-22(34-16-19)7-8-32-23(37)17-36-11-9-31-10-12-36/h5-6,13,15-16,25-26,31H,7-12,17H2,1-4H3,(H,32,37)(H,35,38). The summed E-state index contributed by atoms with van der Waals surface area (Å²) in [6, 6.07) is 6.90. The van der Waals surface area contributed by atoms with Gasteiger partial charge in [-0.05, 0) is 12.1 Å². The van der Waals surface area contributed by atoms with E-state index in [9.17, 15) is 9.59 Å². The Morgan fingerprint density at radius 2 is 1.85 bits per heavy atom. The summed E-state index contributed by atoms with van der Waals surface area (Å²) in [6.07, 6.45) is 3.33. The number of aromatic nitrogens is 2. The first-order chi connectivity index (χ1) is 18.5. The van der Waals surface area contributed by atoms with Crippen LogP contribution < -0.4 is 20.7 Å². The monoisotopic (exact) mass is 553 g/mol. The van der Waals surface area contributed by atoms with Gasteiger partial charge in [0, 0.05) is 74.5 Å². The lowest BCUT2D eigenvalue weighted by molar-refractivity contribution is -0.164. The van der Waals surface area contributed by atoms with Crippen molar-refractivity contribution in [1.29, 1.82) is 5.26 Å². The van der Waals surface area contributed by atoms with E-state index in [0.717, 1.165) is 26.2 Å². The minimum absolute atomic E-state index is 0.0109. The Morgan fingerprint density at radius 3 is 2.46 bits per heavy atom. The van der Waals surface area contributed by atoms with Gasteiger partial charge >= 0.3 is 0 Å². The molecule has 1 saturated carbocycles. The summed E-state index contributed by atoms with van der Waals surface area (Å²) < 4.78 is 6.29. The highest BCUT2D eigenvalue weighted by Crippen LogP contribution is 2.55. The van der Waals surface area contributed by atoms with Gasteiger partial charge in [0.25, 0.3) is 5.91 Å². The molecular formula is C28H36ClN7O3. The first kappa shape index (κ1) is 28.7. The Kier molecular flexibility index (Phi) is 8.74. The average Bonchev–Trinajstić information content (AvgIpc) is 2.91. The Hall–Kier alpha value is -3.26. The second-order valence-corrected chi connectivity index (χ2v) is 11.7. The lowest BCUT2D eigenvalue weighted by atomic mass is 9.49. The summed E-state index contributed by atoms with van der Waals surface area (Å²) in [6.45, 7) is 12.6. The van der Waals surface area contributed by atoms with Gasteiger partial charge in [-0.15, -0.1) is 0 Å². The fourth-order valence-corrected chi connectivity index (χ4v) is 6.07. The molecule has 2 aromatic rings. The average molecular weight is 554 g/mol. The van der Waals surface area contributed by atoms with Crippen LogP contribution in [0.5, 0.6) is 5.75 Å². The smallest absolute Gasteiger partial charge is 0.254 e. The number of hydrogen-bond acceptors (Lipinski definition) is 8. The summed E-state index contributed by atoms with van der Waals surface area (Å²) in [5, 5.41) is 18.8. The summed E-state index contributed by atoms with van der Waals surface area (Å²) in [5.74, 6) is 0.881. The molecule has 1 saturated heterocycles. The van der Waals surface area contributed by atoms with Crippen molar-refractivity contribution in [2.45, 2.75) is 46.3 Å². The maximum Gasteiger partial charge on any atom is 0.254 e. The molecule has 0 spiro atoms. The first-order valence-corrected chi connectivity index (χ1v) is 13.6. The maximum absolute atomic E-state index is 13.1. The van der Waals surface area contributed by atoms with Gasteiger partial charge in [-0.1, -0.05) is 39.3 Å². The normalized spacial score (nSPS) is 21.7. The van der Waals surface area contributed by atoms with Crippen molar-refractivity contribution < 1.29 is 14.3 Å².